The molecule has 0 atom stereocenters. The zero-order valence-electron chi connectivity index (χ0n) is 10.8. The predicted molar refractivity (Wildman–Crippen MR) is 68.9 cm³/mol. The van der Waals surface area contributed by atoms with Crippen LogP contribution in [0.3, 0.4) is 0 Å². The quantitative estimate of drug-likeness (QED) is 0.877. The van der Waals surface area contributed by atoms with Gasteiger partial charge in [-0.25, -0.2) is 9.97 Å². The normalized spacial score (nSPS) is 10.4. The first-order chi connectivity index (χ1) is 8.74. The van der Waals surface area contributed by atoms with Crippen molar-refractivity contribution in [3.63, 3.8) is 0 Å². The van der Waals surface area contributed by atoms with E-state index in [1.54, 1.807) is 6.20 Å². The molecular weight excluding hydrogens is 230 g/mol. The van der Waals surface area contributed by atoms with E-state index in [-0.39, 0.29) is 0 Å². The van der Waals surface area contributed by atoms with Crippen molar-refractivity contribution in [2.45, 2.75) is 26.8 Å². The van der Waals surface area contributed by atoms with Crippen LogP contribution >= 0.6 is 0 Å². The lowest BCUT2D eigenvalue weighted by Crippen LogP contribution is -1.99. The molecule has 0 aliphatic heterocycles. The topological polar surface area (TPSA) is 64.9 Å². The van der Waals surface area contributed by atoms with Crippen molar-refractivity contribution >= 4 is 5.82 Å². The molecule has 0 aliphatic rings. The summed E-state index contributed by atoms with van der Waals surface area (Å²) in [5.41, 5.74) is 0.878. The molecule has 0 aliphatic carbocycles. The van der Waals surface area contributed by atoms with Gasteiger partial charge in [-0.05, 0) is 13.3 Å². The number of ether oxygens (including phenoxy) is 1. The van der Waals surface area contributed by atoms with E-state index >= 15 is 0 Å². The Morgan fingerprint density at radius 3 is 2.94 bits per heavy atom. The maximum Gasteiger partial charge on any atom is 0.227 e. The summed E-state index contributed by atoms with van der Waals surface area (Å²) >= 11 is 0. The fourth-order valence-electron chi connectivity index (χ4n) is 1.65. The van der Waals surface area contributed by atoms with Crippen LogP contribution in [0, 0.1) is 6.92 Å². The molecule has 0 saturated heterocycles. The Kier molecular flexibility index (Phi) is 3.76. The van der Waals surface area contributed by atoms with E-state index in [4.69, 9.17) is 4.74 Å². The van der Waals surface area contributed by atoms with Crippen LogP contribution in [0.15, 0.2) is 18.7 Å². The molecule has 2 heterocycles. The van der Waals surface area contributed by atoms with Gasteiger partial charge in [0, 0.05) is 13.6 Å². The van der Waals surface area contributed by atoms with Crippen LogP contribution in [0.2, 0.25) is 0 Å². The predicted octanol–water partition coefficient (Wildman–Crippen LogP) is 2.23. The molecule has 2 aromatic heterocycles. The maximum absolute atomic E-state index is 5.70. The lowest BCUT2D eigenvalue weighted by Gasteiger charge is -2.08. The van der Waals surface area contributed by atoms with Gasteiger partial charge in [-0.1, -0.05) is 6.92 Å². The van der Waals surface area contributed by atoms with E-state index in [2.05, 4.69) is 27.3 Å². The highest BCUT2D eigenvalue weighted by molar-refractivity contribution is 5.47. The van der Waals surface area contributed by atoms with Gasteiger partial charge < -0.3 is 10.1 Å². The SMILES string of the molecule is CCCn1cc(Oc2ncnc(NC)c2C)cn1. The van der Waals surface area contributed by atoms with E-state index in [1.807, 2.05) is 24.9 Å². The molecule has 0 radical (unpaired) electrons. The van der Waals surface area contributed by atoms with E-state index in [1.165, 1.54) is 6.33 Å². The lowest BCUT2D eigenvalue weighted by atomic mass is 10.3. The molecule has 0 bridgehead atoms. The zero-order valence-corrected chi connectivity index (χ0v) is 10.8. The second-order valence-electron chi connectivity index (χ2n) is 3.94. The van der Waals surface area contributed by atoms with E-state index < -0.39 is 0 Å². The molecular formula is C12H17N5O. The number of anilines is 1. The van der Waals surface area contributed by atoms with Gasteiger partial charge in [0.05, 0.1) is 18.0 Å². The van der Waals surface area contributed by atoms with Gasteiger partial charge >= 0.3 is 0 Å². The van der Waals surface area contributed by atoms with Crippen molar-refractivity contribution in [1.82, 2.24) is 19.7 Å². The van der Waals surface area contributed by atoms with Crippen molar-refractivity contribution < 1.29 is 4.74 Å². The Morgan fingerprint density at radius 2 is 2.22 bits per heavy atom. The van der Waals surface area contributed by atoms with Crippen LogP contribution < -0.4 is 10.1 Å². The van der Waals surface area contributed by atoms with Crippen LogP contribution in [0.4, 0.5) is 5.82 Å². The average Bonchev–Trinajstić information content (AvgIpc) is 2.80. The molecule has 96 valence electrons. The average molecular weight is 247 g/mol. The van der Waals surface area contributed by atoms with Crippen molar-refractivity contribution in [1.29, 1.82) is 0 Å². The first-order valence-electron chi connectivity index (χ1n) is 5.94. The Balaban J connectivity index is 2.17. The summed E-state index contributed by atoms with van der Waals surface area (Å²) in [7, 11) is 1.82. The van der Waals surface area contributed by atoms with Crippen LogP contribution in [-0.2, 0) is 6.54 Å². The largest absolute Gasteiger partial charge is 0.435 e. The summed E-state index contributed by atoms with van der Waals surface area (Å²) in [4.78, 5) is 8.24. The van der Waals surface area contributed by atoms with E-state index in [0.29, 0.717) is 11.6 Å². The Labute approximate surface area is 106 Å². The van der Waals surface area contributed by atoms with Crippen molar-refractivity contribution in [3.05, 3.63) is 24.3 Å². The second kappa shape index (κ2) is 5.48. The second-order valence-corrected chi connectivity index (χ2v) is 3.94. The molecule has 6 heteroatoms. The van der Waals surface area contributed by atoms with E-state index in [9.17, 15) is 0 Å². The van der Waals surface area contributed by atoms with Gasteiger partial charge in [0.15, 0.2) is 5.75 Å². The van der Waals surface area contributed by atoms with E-state index in [0.717, 1.165) is 24.3 Å². The number of aromatic nitrogens is 4. The molecule has 2 aromatic rings. The van der Waals surface area contributed by atoms with Crippen LogP contribution in [-0.4, -0.2) is 26.8 Å². The fourth-order valence-corrected chi connectivity index (χ4v) is 1.65. The Bertz CT molecular complexity index is 523. The number of hydrogen-bond acceptors (Lipinski definition) is 5. The third kappa shape index (κ3) is 2.58. The van der Waals surface area contributed by atoms with Crippen LogP contribution in [0.25, 0.3) is 0 Å². The molecule has 0 amide bonds. The summed E-state index contributed by atoms with van der Waals surface area (Å²) in [6, 6.07) is 0. The van der Waals surface area contributed by atoms with Crippen LogP contribution in [0.5, 0.6) is 11.6 Å². The van der Waals surface area contributed by atoms with Gasteiger partial charge in [0.1, 0.15) is 12.1 Å². The minimum atomic E-state index is 0.547. The number of rotatable bonds is 5. The molecule has 0 fully saturated rings. The third-order valence-corrected chi connectivity index (χ3v) is 2.55. The van der Waals surface area contributed by atoms with Gasteiger partial charge in [0.2, 0.25) is 5.88 Å². The minimum Gasteiger partial charge on any atom is -0.435 e. The molecule has 0 unspecified atom stereocenters. The van der Waals surface area contributed by atoms with Gasteiger partial charge in [-0.3, -0.25) is 4.68 Å². The molecule has 1 N–H and O–H groups in total. The molecule has 0 spiro atoms. The highest BCUT2D eigenvalue weighted by Gasteiger charge is 2.09. The highest BCUT2D eigenvalue weighted by Crippen LogP contribution is 2.25. The van der Waals surface area contributed by atoms with Crippen molar-refractivity contribution in [2.75, 3.05) is 12.4 Å². The minimum absolute atomic E-state index is 0.547. The fraction of sp³-hybridized carbons (Fsp3) is 0.417. The summed E-state index contributed by atoms with van der Waals surface area (Å²) in [6.07, 6.45) is 6.07. The lowest BCUT2D eigenvalue weighted by molar-refractivity contribution is 0.456. The van der Waals surface area contributed by atoms with Crippen LogP contribution in [0.1, 0.15) is 18.9 Å². The molecule has 0 saturated carbocycles. The first kappa shape index (κ1) is 12.3. The number of hydrogen-bond donors (Lipinski definition) is 1. The smallest absolute Gasteiger partial charge is 0.227 e. The van der Waals surface area contributed by atoms with Gasteiger partial charge in [-0.2, -0.15) is 5.10 Å². The standard InChI is InChI=1S/C12H17N5O/c1-4-5-17-7-10(6-16-17)18-12-9(2)11(13-3)14-8-15-12/h6-8H,4-5H2,1-3H3,(H,13,14,15). The van der Waals surface area contributed by atoms with Gasteiger partial charge in [0.25, 0.3) is 0 Å². The number of aryl methyl sites for hydroxylation is 1. The Morgan fingerprint density at radius 1 is 1.39 bits per heavy atom. The third-order valence-electron chi connectivity index (χ3n) is 2.55. The number of nitrogens with one attached hydrogen (secondary N) is 1. The molecule has 6 nitrogen and oxygen atoms in total. The molecule has 18 heavy (non-hydrogen) atoms. The zero-order chi connectivity index (χ0) is 13.0. The first-order valence-corrected chi connectivity index (χ1v) is 5.94. The van der Waals surface area contributed by atoms with Gasteiger partial charge in [-0.15, -0.1) is 0 Å². The molecule has 0 aromatic carbocycles. The summed E-state index contributed by atoms with van der Waals surface area (Å²) in [5, 5.41) is 7.20. The monoisotopic (exact) mass is 247 g/mol. The summed E-state index contributed by atoms with van der Waals surface area (Å²) in [5.74, 6) is 2.00. The molecule has 2 rings (SSSR count). The maximum atomic E-state index is 5.70. The summed E-state index contributed by atoms with van der Waals surface area (Å²) < 4.78 is 7.56. The Hall–Kier alpha value is -2.11. The van der Waals surface area contributed by atoms with Crippen molar-refractivity contribution in [3.8, 4) is 11.6 Å². The summed E-state index contributed by atoms with van der Waals surface area (Å²) in [6.45, 7) is 4.90. The highest BCUT2D eigenvalue weighted by atomic mass is 16.5. The van der Waals surface area contributed by atoms with Crippen molar-refractivity contribution in [2.24, 2.45) is 0 Å². The number of nitrogens with zero attached hydrogens (tertiary/aromatic N) is 4.